The summed E-state index contributed by atoms with van der Waals surface area (Å²) < 4.78 is 18.0. The molecule has 2 aliphatic rings. The molecule has 110 valence electrons. The summed E-state index contributed by atoms with van der Waals surface area (Å²) >= 11 is 0. The predicted molar refractivity (Wildman–Crippen MR) is 76.7 cm³/mol. The summed E-state index contributed by atoms with van der Waals surface area (Å²) in [4.78, 5) is 0. The zero-order valence-corrected chi connectivity index (χ0v) is 13.6. The molecule has 0 aliphatic carbocycles. The quantitative estimate of drug-likeness (QED) is 0.635. The molecule has 2 rings (SSSR count). The van der Waals surface area contributed by atoms with Crippen molar-refractivity contribution in [2.45, 2.75) is 62.8 Å². The Hall–Kier alpha value is -0.203. The molecule has 2 bridgehead atoms. The van der Waals surface area contributed by atoms with Crippen LogP contribution >= 0.6 is 0 Å². The number of hydrogen-bond donors (Lipinski definition) is 1. The zero-order valence-electron chi connectivity index (χ0n) is 12.6. The maximum Gasteiger partial charge on any atom is 0.192 e. The summed E-state index contributed by atoms with van der Waals surface area (Å²) in [5.74, 6) is 0. The number of rotatable bonds is 4. The van der Waals surface area contributed by atoms with E-state index in [0.717, 1.165) is 0 Å². The third kappa shape index (κ3) is 2.32. The molecule has 2 fully saturated rings. The van der Waals surface area contributed by atoms with Crippen molar-refractivity contribution in [2.75, 3.05) is 13.2 Å². The molecule has 0 aromatic heterocycles. The normalized spacial score (nSPS) is 36.5. The van der Waals surface area contributed by atoms with Crippen LogP contribution in [0.1, 0.15) is 20.8 Å². The molecule has 2 heterocycles. The highest BCUT2D eigenvalue weighted by molar-refractivity contribution is 6.74. The smallest absolute Gasteiger partial charge is 0.192 e. The summed E-state index contributed by atoms with van der Waals surface area (Å²) in [5, 5.41) is 10.3. The van der Waals surface area contributed by atoms with Gasteiger partial charge in [-0.05, 0) is 18.1 Å². The Balaban J connectivity index is 2.23. The van der Waals surface area contributed by atoms with Crippen molar-refractivity contribution < 1.29 is 19.0 Å². The number of aliphatic hydroxyl groups excluding tert-OH is 1. The maximum atomic E-state index is 10.2. The van der Waals surface area contributed by atoms with Crippen LogP contribution in [0, 0.1) is 0 Å². The van der Waals surface area contributed by atoms with Crippen LogP contribution in [0.3, 0.4) is 0 Å². The molecule has 0 spiro atoms. The summed E-state index contributed by atoms with van der Waals surface area (Å²) in [7, 11) is -1.92. The molecule has 0 saturated carbocycles. The number of fused-ring (bicyclic) bond motifs is 2. The number of hydrogen-bond acceptors (Lipinski definition) is 4. The van der Waals surface area contributed by atoms with E-state index in [1.54, 1.807) is 0 Å². The second kappa shape index (κ2) is 4.67. The first-order valence-electron chi connectivity index (χ1n) is 6.88. The first-order chi connectivity index (χ1) is 8.64. The lowest BCUT2D eigenvalue weighted by molar-refractivity contribution is -0.142. The fourth-order valence-corrected chi connectivity index (χ4v) is 3.77. The van der Waals surface area contributed by atoms with Gasteiger partial charge in [-0.1, -0.05) is 26.8 Å². The SMILES string of the molecule is C=C[C@H](O)[C@@]12CO[C@@H](CO1)[C@@H]2O[Si](C)(C)C(C)(C)C. The lowest BCUT2D eigenvalue weighted by Crippen LogP contribution is -2.56. The molecule has 4 atom stereocenters. The molecule has 5 heteroatoms. The molecular formula is C14H26O4Si. The van der Waals surface area contributed by atoms with Crippen molar-refractivity contribution in [3.63, 3.8) is 0 Å². The van der Waals surface area contributed by atoms with Gasteiger partial charge in [0.2, 0.25) is 0 Å². The Bertz CT molecular complexity index is 353. The number of aliphatic hydroxyl groups is 1. The molecule has 0 amide bonds. The Morgan fingerprint density at radius 2 is 2.11 bits per heavy atom. The second-order valence-electron chi connectivity index (χ2n) is 7.09. The minimum absolute atomic E-state index is 0.0660. The average Bonchev–Trinajstić information content (AvgIpc) is 2.82. The largest absolute Gasteiger partial charge is 0.408 e. The molecule has 1 N–H and O–H groups in total. The van der Waals surface area contributed by atoms with E-state index in [0.29, 0.717) is 13.2 Å². The highest BCUT2D eigenvalue weighted by Crippen LogP contribution is 2.45. The van der Waals surface area contributed by atoms with E-state index >= 15 is 0 Å². The van der Waals surface area contributed by atoms with Crippen LogP contribution in [-0.2, 0) is 13.9 Å². The maximum absolute atomic E-state index is 10.2. The Labute approximate surface area is 116 Å². The van der Waals surface area contributed by atoms with Crippen molar-refractivity contribution in [2.24, 2.45) is 0 Å². The molecule has 2 aliphatic heterocycles. The average molecular weight is 286 g/mol. The van der Waals surface area contributed by atoms with Crippen LogP contribution < -0.4 is 0 Å². The van der Waals surface area contributed by atoms with Gasteiger partial charge < -0.3 is 19.0 Å². The van der Waals surface area contributed by atoms with E-state index in [2.05, 4.69) is 40.4 Å². The zero-order chi connectivity index (χ0) is 14.5. The minimum atomic E-state index is -1.92. The standard InChI is InChI=1S/C14H26O4Si/c1-7-11(15)14-9-16-10(8-17-14)12(14)18-19(5,6)13(2,3)4/h7,10-12,15H,1,8-9H2,2-6H3/t10-,11-,12-,14+/m0/s1. The molecule has 0 aromatic rings. The van der Waals surface area contributed by atoms with E-state index in [9.17, 15) is 5.11 Å². The number of ether oxygens (including phenoxy) is 2. The van der Waals surface area contributed by atoms with Crippen LogP contribution in [0.15, 0.2) is 12.7 Å². The van der Waals surface area contributed by atoms with Crippen molar-refractivity contribution in [3.8, 4) is 0 Å². The van der Waals surface area contributed by atoms with E-state index in [4.69, 9.17) is 13.9 Å². The van der Waals surface area contributed by atoms with Crippen LogP contribution in [-0.4, -0.2) is 50.6 Å². The topological polar surface area (TPSA) is 47.9 Å². The minimum Gasteiger partial charge on any atom is -0.408 e. The van der Waals surface area contributed by atoms with Gasteiger partial charge in [0, 0.05) is 0 Å². The van der Waals surface area contributed by atoms with Crippen LogP contribution in [0.25, 0.3) is 0 Å². The van der Waals surface area contributed by atoms with Crippen LogP contribution in [0.5, 0.6) is 0 Å². The van der Waals surface area contributed by atoms with Gasteiger partial charge >= 0.3 is 0 Å². The summed E-state index contributed by atoms with van der Waals surface area (Å²) in [6, 6.07) is 0. The van der Waals surface area contributed by atoms with Gasteiger partial charge in [-0.25, -0.2) is 0 Å². The third-order valence-corrected chi connectivity index (χ3v) is 9.27. The first kappa shape index (κ1) is 15.2. The van der Waals surface area contributed by atoms with Crippen LogP contribution in [0.4, 0.5) is 0 Å². The summed E-state index contributed by atoms with van der Waals surface area (Å²) in [5.41, 5.74) is -0.762. The molecule has 4 nitrogen and oxygen atoms in total. The molecular weight excluding hydrogens is 260 g/mol. The van der Waals surface area contributed by atoms with E-state index < -0.39 is 20.0 Å². The molecule has 19 heavy (non-hydrogen) atoms. The van der Waals surface area contributed by atoms with Crippen molar-refractivity contribution in [3.05, 3.63) is 12.7 Å². The van der Waals surface area contributed by atoms with Crippen molar-refractivity contribution >= 4 is 8.32 Å². The lowest BCUT2D eigenvalue weighted by Gasteiger charge is -2.41. The fourth-order valence-electron chi connectivity index (χ4n) is 2.43. The summed E-state index contributed by atoms with van der Waals surface area (Å²) in [6.45, 7) is 15.6. The summed E-state index contributed by atoms with van der Waals surface area (Å²) in [6.07, 6.45) is 0.499. The van der Waals surface area contributed by atoms with Gasteiger partial charge in [-0.2, -0.15) is 0 Å². The van der Waals surface area contributed by atoms with Gasteiger partial charge in [0.15, 0.2) is 8.32 Å². The van der Waals surface area contributed by atoms with E-state index in [-0.39, 0.29) is 17.2 Å². The monoisotopic (exact) mass is 286 g/mol. The third-order valence-electron chi connectivity index (χ3n) is 4.81. The Morgan fingerprint density at radius 1 is 1.47 bits per heavy atom. The molecule has 2 saturated heterocycles. The van der Waals surface area contributed by atoms with Crippen molar-refractivity contribution in [1.29, 1.82) is 0 Å². The van der Waals surface area contributed by atoms with Gasteiger partial charge in [0.05, 0.1) is 13.2 Å². The molecule has 0 radical (unpaired) electrons. The van der Waals surface area contributed by atoms with Crippen LogP contribution in [0.2, 0.25) is 18.1 Å². The van der Waals surface area contributed by atoms with Gasteiger partial charge in [0.25, 0.3) is 0 Å². The first-order valence-corrected chi connectivity index (χ1v) is 9.79. The van der Waals surface area contributed by atoms with Gasteiger partial charge in [-0.3, -0.25) is 0 Å². The fraction of sp³-hybridized carbons (Fsp3) is 0.857. The highest BCUT2D eigenvalue weighted by Gasteiger charge is 2.62. The van der Waals surface area contributed by atoms with E-state index in [1.165, 1.54) is 6.08 Å². The van der Waals surface area contributed by atoms with Gasteiger partial charge in [-0.15, -0.1) is 6.58 Å². The molecule has 0 aromatic carbocycles. The van der Waals surface area contributed by atoms with Gasteiger partial charge in [0.1, 0.15) is 23.9 Å². The second-order valence-corrected chi connectivity index (χ2v) is 11.9. The molecule has 0 unspecified atom stereocenters. The van der Waals surface area contributed by atoms with Crippen molar-refractivity contribution in [1.82, 2.24) is 0 Å². The Kier molecular flexibility index (Phi) is 3.73. The Morgan fingerprint density at radius 3 is 2.53 bits per heavy atom. The predicted octanol–water partition coefficient (Wildman–Crippen LogP) is 2.09. The van der Waals surface area contributed by atoms with E-state index in [1.807, 2.05) is 0 Å². The lowest BCUT2D eigenvalue weighted by atomic mass is 9.93. The highest BCUT2D eigenvalue weighted by atomic mass is 28.4.